The average Bonchev–Trinajstić information content (AvgIpc) is 2.61. The van der Waals surface area contributed by atoms with Gasteiger partial charge in [0.1, 0.15) is 11.5 Å². The lowest BCUT2D eigenvalue weighted by Gasteiger charge is -2.10. The minimum Gasteiger partial charge on any atom is -0.493 e. The normalized spacial score (nSPS) is 10.4. The molecular formula is C19H19BrO5. The number of carbonyl (C=O) groups excluding carboxylic acids is 2. The van der Waals surface area contributed by atoms with Gasteiger partial charge in [0.25, 0.3) is 0 Å². The molecule has 0 N–H and O–H groups in total. The molecule has 2 aromatic carbocycles. The largest absolute Gasteiger partial charge is 0.493 e. The van der Waals surface area contributed by atoms with Crippen molar-refractivity contribution in [2.45, 2.75) is 13.8 Å². The molecule has 6 heteroatoms. The molecule has 132 valence electrons. The van der Waals surface area contributed by atoms with Crippen LogP contribution in [0.1, 0.15) is 34.6 Å². The predicted octanol–water partition coefficient (Wildman–Crippen LogP) is 4.49. The lowest BCUT2D eigenvalue weighted by atomic mass is 10.2. The molecule has 0 atom stereocenters. The molecule has 0 amide bonds. The zero-order valence-corrected chi connectivity index (χ0v) is 15.8. The number of hydrogen-bond donors (Lipinski definition) is 0. The maximum absolute atomic E-state index is 12.2. The summed E-state index contributed by atoms with van der Waals surface area (Å²) < 4.78 is 16.1. The second kappa shape index (κ2) is 8.67. The van der Waals surface area contributed by atoms with E-state index in [2.05, 4.69) is 34.5 Å². The minimum absolute atomic E-state index is 0.317. The predicted molar refractivity (Wildman–Crippen MR) is 97.2 cm³/mol. The topological polar surface area (TPSA) is 61.8 Å². The summed E-state index contributed by atoms with van der Waals surface area (Å²) in [5.74, 6) is 0.485. The van der Waals surface area contributed by atoms with Crippen molar-refractivity contribution in [3.8, 4) is 11.5 Å². The number of methoxy groups -OCH3 is 1. The van der Waals surface area contributed by atoms with Crippen LogP contribution in [-0.4, -0.2) is 25.7 Å². The van der Waals surface area contributed by atoms with Crippen molar-refractivity contribution in [2.75, 3.05) is 13.7 Å². The van der Waals surface area contributed by atoms with E-state index in [1.54, 1.807) is 24.3 Å². The van der Waals surface area contributed by atoms with Crippen LogP contribution in [0.5, 0.6) is 11.5 Å². The van der Waals surface area contributed by atoms with Gasteiger partial charge >= 0.3 is 11.9 Å². The summed E-state index contributed by atoms with van der Waals surface area (Å²) in [6.45, 7) is 4.74. The number of ether oxygens (including phenoxy) is 3. The summed E-state index contributed by atoms with van der Waals surface area (Å²) in [5, 5.41) is 0. The standard InChI is InChI=1S/C19H19BrO5/c1-12(2)11-24-15-7-4-13(5-8-15)19(22)25-17-9-6-14(10-16(17)20)18(21)23-3/h4-10,12H,11H2,1-3H3. The summed E-state index contributed by atoms with van der Waals surface area (Å²) >= 11 is 3.29. The van der Waals surface area contributed by atoms with Crippen LogP contribution in [0.15, 0.2) is 46.9 Å². The van der Waals surface area contributed by atoms with Gasteiger partial charge in [-0.1, -0.05) is 13.8 Å². The lowest BCUT2D eigenvalue weighted by molar-refractivity contribution is 0.0600. The van der Waals surface area contributed by atoms with Crippen molar-refractivity contribution in [2.24, 2.45) is 5.92 Å². The van der Waals surface area contributed by atoms with Crippen molar-refractivity contribution in [3.63, 3.8) is 0 Å². The lowest BCUT2D eigenvalue weighted by Crippen LogP contribution is -2.10. The summed E-state index contributed by atoms with van der Waals surface area (Å²) in [5.41, 5.74) is 0.765. The van der Waals surface area contributed by atoms with Crippen molar-refractivity contribution in [1.29, 1.82) is 0 Å². The smallest absolute Gasteiger partial charge is 0.343 e. The molecule has 2 rings (SSSR count). The number of carbonyl (C=O) groups is 2. The molecule has 0 aliphatic rings. The van der Waals surface area contributed by atoms with E-state index in [4.69, 9.17) is 9.47 Å². The number of benzene rings is 2. The molecule has 0 fully saturated rings. The number of rotatable bonds is 6. The van der Waals surface area contributed by atoms with E-state index in [9.17, 15) is 9.59 Å². The molecule has 25 heavy (non-hydrogen) atoms. The van der Waals surface area contributed by atoms with Crippen molar-refractivity contribution in [3.05, 3.63) is 58.1 Å². The van der Waals surface area contributed by atoms with Gasteiger partial charge in [-0.3, -0.25) is 0 Å². The first-order valence-corrected chi connectivity index (χ1v) is 8.53. The third-order valence-electron chi connectivity index (χ3n) is 3.23. The zero-order valence-electron chi connectivity index (χ0n) is 14.2. The third-order valence-corrected chi connectivity index (χ3v) is 3.85. The highest BCUT2D eigenvalue weighted by molar-refractivity contribution is 9.10. The van der Waals surface area contributed by atoms with Gasteiger partial charge in [0, 0.05) is 0 Å². The molecular weight excluding hydrogens is 388 g/mol. The van der Waals surface area contributed by atoms with E-state index in [1.807, 2.05) is 0 Å². The number of esters is 2. The molecule has 0 saturated heterocycles. The zero-order chi connectivity index (χ0) is 18.4. The molecule has 5 nitrogen and oxygen atoms in total. The Bertz CT molecular complexity index is 753. The highest BCUT2D eigenvalue weighted by atomic mass is 79.9. The van der Waals surface area contributed by atoms with Crippen LogP contribution >= 0.6 is 15.9 Å². The van der Waals surface area contributed by atoms with Crippen molar-refractivity contribution in [1.82, 2.24) is 0 Å². The first-order chi connectivity index (χ1) is 11.9. The van der Waals surface area contributed by atoms with Crippen LogP contribution in [0.3, 0.4) is 0 Å². The van der Waals surface area contributed by atoms with E-state index in [0.29, 0.717) is 39.6 Å². The summed E-state index contributed by atoms with van der Waals surface area (Å²) in [6, 6.07) is 11.4. The summed E-state index contributed by atoms with van der Waals surface area (Å²) in [7, 11) is 1.30. The SMILES string of the molecule is COC(=O)c1ccc(OC(=O)c2ccc(OCC(C)C)cc2)c(Br)c1. The quantitative estimate of drug-likeness (QED) is 0.522. The van der Waals surface area contributed by atoms with E-state index >= 15 is 0 Å². The molecule has 0 aliphatic carbocycles. The molecule has 0 unspecified atom stereocenters. The Kier molecular flexibility index (Phi) is 6.58. The van der Waals surface area contributed by atoms with Gasteiger partial charge in [0.2, 0.25) is 0 Å². The van der Waals surface area contributed by atoms with Crippen LogP contribution in [0, 0.1) is 5.92 Å². The van der Waals surface area contributed by atoms with Gasteiger partial charge in [-0.05, 0) is 64.3 Å². The number of halogens is 1. The van der Waals surface area contributed by atoms with Gasteiger partial charge in [0.05, 0.1) is 29.3 Å². The second-order valence-corrected chi connectivity index (χ2v) is 6.61. The molecule has 0 bridgehead atoms. The maximum atomic E-state index is 12.2. The maximum Gasteiger partial charge on any atom is 0.343 e. The highest BCUT2D eigenvalue weighted by Gasteiger charge is 2.14. The second-order valence-electron chi connectivity index (χ2n) is 5.76. The first-order valence-electron chi connectivity index (χ1n) is 7.73. The Morgan fingerprint density at radius 2 is 1.64 bits per heavy atom. The Hall–Kier alpha value is -2.34. The summed E-state index contributed by atoms with van der Waals surface area (Å²) in [6.07, 6.45) is 0. The fraction of sp³-hybridized carbons (Fsp3) is 0.263. The van der Waals surface area contributed by atoms with Gasteiger partial charge in [-0.15, -0.1) is 0 Å². The Morgan fingerprint density at radius 3 is 2.20 bits per heavy atom. The van der Waals surface area contributed by atoms with Crippen LogP contribution < -0.4 is 9.47 Å². The van der Waals surface area contributed by atoms with E-state index < -0.39 is 11.9 Å². The van der Waals surface area contributed by atoms with Crippen LogP contribution in [0.2, 0.25) is 0 Å². The molecule has 0 radical (unpaired) electrons. The van der Waals surface area contributed by atoms with E-state index in [-0.39, 0.29) is 0 Å². The minimum atomic E-state index is -0.498. The van der Waals surface area contributed by atoms with E-state index in [1.165, 1.54) is 25.3 Å². The fourth-order valence-electron chi connectivity index (χ4n) is 1.94. The highest BCUT2D eigenvalue weighted by Crippen LogP contribution is 2.27. The van der Waals surface area contributed by atoms with Gasteiger partial charge < -0.3 is 14.2 Å². The van der Waals surface area contributed by atoms with Crippen molar-refractivity contribution >= 4 is 27.9 Å². The van der Waals surface area contributed by atoms with Gasteiger partial charge in [0.15, 0.2) is 0 Å². The van der Waals surface area contributed by atoms with Crippen molar-refractivity contribution < 1.29 is 23.8 Å². The molecule has 0 heterocycles. The molecule has 0 aromatic heterocycles. The van der Waals surface area contributed by atoms with Crippen LogP contribution in [0.25, 0.3) is 0 Å². The average molecular weight is 407 g/mol. The Labute approximate surface area is 155 Å². The molecule has 0 spiro atoms. The summed E-state index contributed by atoms with van der Waals surface area (Å²) in [4.78, 5) is 23.7. The molecule has 2 aromatic rings. The number of hydrogen-bond acceptors (Lipinski definition) is 5. The Morgan fingerprint density at radius 1 is 1.00 bits per heavy atom. The third kappa shape index (κ3) is 5.32. The molecule has 0 saturated carbocycles. The fourth-order valence-corrected chi connectivity index (χ4v) is 2.40. The monoisotopic (exact) mass is 406 g/mol. The van der Waals surface area contributed by atoms with Crippen LogP contribution in [0.4, 0.5) is 0 Å². The van der Waals surface area contributed by atoms with Crippen LogP contribution in [-0.2, 0) is 4.74 Å². The molecule has 0 aliphatic heterocycles. The first kappa shape index (κ1) is 19.0. The van der Waals surface area contributed by atoms with Gasteiger partial charge in [-0.25, -0.2) is 9.59 Å². The van der Waals surface area contributed by atoms with Gasteiger partial charge in [-0.2, -0.15) is 0 Å². The van der Waals surface area contributed by atoms with E-state index in [0.717, 1.165) is 0 Å². The Balaban J connectivity index is 2.05.